The summed E-state index contributed by atoms with van der Waals surface area (Å²) in [6.07, 6.45) is 7.43. The Bertz CT molecular complexity index is 1030. The number of hydrogen-bond donors (Lipinski definition) is 0. The molecule has 0 radical (unpaired) electrons. The predicted molar refractivity (Wildman–Crippen MR) is 119 cm³/mol. The number of thioether (sulfide) groups is 1. The van der Waals surface area contributed by atoms with Crippen LogP contribution in [0.3, 0.4) is 0 Å². The number of carbonyl (C=O) groups is 1. The first kappa shape index (κ1) is 21.5. The molecule has 31 heavy (non-hydrogen) atoms. The van der Waals surface area contributed by atoms with Crippen molar-refractivity contribution in [3.63, 3.8) is 0 Å². The van der Waals surface area contributed by atoms with Gasteiger partial charge in [-0.1, -0.05) is 31.0 Å². The summed E-state index contributed by atoms with van der Waals surface area (Å²) >= 11 is 1.43. The Balaban J connectivity index is 1.60. The Morgan fingerprint density at radius 3 is 2.58 bits per heavy atom. The van der Waals surface area contributed by atoms with Crippen molar-refractivity contribution in [2.75, 3.05) is 14.2 Å². The number of hydrogen-bond acceptors (Lipinski definition) is 7. The summed E-state index contributed by atoms with van der Waals surface area (Å²) in [5, 5.41) is 9.27. The second-order valence-electron chi connectivity index (χ2n) is 7.64. The lowest BCUT2D eigenvalue weighted by Crippen LogP contribution is -2.18. The molecule has 3 aromatic rings. The van der Waals surface area contributed by atoms with E-state index in [4.69, 9.17) is 13.9 Å². The van der Waals surface area contributed by atoms with Crippen molar-refractivity contribution in [1.29, 1.82) is 0 Å². The Hall–Kier alpha value is -2.74. The fourth-order valence-corrected chi connectivity index (χ4v) is 5.03. The van der Waals surface area contributed by atoms with Gasteiger partial charge in [-0.3, -0.25) is 9.36 Å². The van der Waals surface area contributed by atoms with E-state index in [-0.39, 0.29) is 11.0 Å². The average Bonchev–Trinajstić information content (AvgIpc) is 3.48. The van der Waals surface area contributed by atoms with Crippen LogP contribution in [0.15, 0.2) is 46.2 Å². The predicted octanol–water partition coefficient (Wildman–Crippen LogP) is 5.42. The minimum absolute atomic E-state index is 0.00342. The molecule has 2 heterocycles. The fourth-order valence-electron chi connectivity index (χ4n) is 4.04. The molecule has 1 unspecified atom stereocenters. The second kappa shape index (κ2) is 9.60. The lowest BCUT2D eigenvalue weighted by Gasteiger charge is -2.25. The van der Waals surface area contributed by atoms with Crippen molar-refractivity contribution < 1.29 is 18.7 Å². The Kier molecular flexibility index (Phi) is 6.65. The molecule has 0 bridgehead atoms. The molecule has 0 aliphatic heterocycles. The standard InChI is InChI=1S/C23H27N3O4S/c1-15(21(27)16-11-12-18(28-2)20(14-16)29-3)31-23-25-24-22(19-10-7-13-30-19)26(23)17-8-5-4-6-9-17/h7,10-15,17H,4-6,8-9H2,1-3H3. The maximum absolute atomic E-state index is 13.1. The summed E-state index contributed by atoms with van der Waals surface area (Å²) in [4.78, 5) is 13.1. The Morgan fingerprint density at radius 2 is 1.90 bits per heavy atom. The van der Waals surface area contributed by atoms with Crippen LogP contribution in [0, 0.1) is 0 Å². The molecule has 2 aromatic heterocycles. The molecule has 0 spiro atoms. The number of benzene rings is 1. The van der Waals surface area contributed by atoms with E-state index >= 15 is 0 Å². The number of ketones is 1. The van der Waals surface area contributed by atoms with Gasteiger partial charge in [0.05, 0.1) is 25.7 Å². The monoisotopic (exact) mass is 441 g/mol. The lowest BCUT2D eigenvalue weighted by molar-refractivity contribution is 0.0993. The third-order valence-corrected chi connectivity index (χ3v) is 6.72. The number of ether oxygens (including phenoxy) is 2. The largest absolute Gasteiger partial charge is 0.493 e. The van der Waals surface area contributed by atoms with Crippen LogP contribution in [0.25, 0.3) is 11.6 Å². The van der Waals surface area contributed by atoms with Gasteiger partial charge in [0.25, 0.3) is 0 Å². The van der Waals surface area contributed by atoms with Gasteiger partial charge in [-0.05, 0) is 50.1 Å². The molecule has 4 rings (SSSR count). The molecule has 8 heteroatoms. The number of rotatable bonds is 8. The van der Waals surface area contributed by atoms with E-state index in [1.54, 1.807) is 38.7 Å². The lowest BCUT2D eigenvalue weighted by atomic mass is 9.95. The zero-order valence-corrected chi connectivity index (χ0v) is 18.9. The van der Waals surface area contributed by atoms with Gasteiger partial charge >= 0.3 is 0 Å². The van der Waals surface area contributed by atoms with Crippen molar-refractivity contribution in [3.05, 3.63) is 42.2 Å². The van der Waals surface area contributed by atoms with Crippen molar-refractivity contribution >= 4 is 17.5 Å². The minimum Gasteiger partial charge on any atom is -0.493 e. The van der Waals surface area contributed by atoms with Gasteiger partial charge in [-0.25, -0.2) is 0 Å². The molecular weight excluding hydrogens is 414 g/mol. The quantitative estimate of drug-likeness (QED) is 0.341. The molecule has 1 saturated carbocycles. The van der Waals surface area contributed by atoms with Crippen molar-refractivity contribution in [1.82, 2.24) is 14.8 Å². The first-order chi connectivity index (χ1) is 15.1. The van der Waals surface area contributed by atoms with Gasteiger partial charge in [0, 0.05) is 11.6 Å². The van der Waals surface area contributed by atoms with Crippen molar-refractivity contribution in [3.8, 4) is 23.1 Å². The summed E-state index contributed by atoms with van der Waals surface area (Å²) in [5.41, 5.74) is 0.577. The highest BCUT2D eigenvalue weighted by Crippen LogP contribution is 2.37. The van der Waals surface area contributed by atoms with E-state index in [9.17, 15) is 4.79 Å². The van der Waals surface area contributed by atoms with Gasteiger partial charge in [0.15, 0.2) is 28.2 Å². The zero-order valence-electron chi connectivity index (χ0n) is 18.0. The van der Waals surface area contributed by atoms with Gasteiger partial charge in [0.1, 0.15) is 0 Å². The minimum atomic E-state index is -0.339. The maximum Gasteiger partial charge on any atom is 0.200 e. The highest BCUT2D eigenvalue weighted by molar-refractivity contribution is 8.00. The highest BCUT2D eigenvalue weighted by Gasteiger charge is 2.28. The van der Waals surface area contributed by atoms with E-state index in [1.807, 2.05) is 19.1 Å². The number of nitrogens with zero attached hydrogens (tertiary/aromatic N) is 3. The molecule has 1 aliphatic rings. The molecule has 0 saturated heterocycles. The molecule has 1 atom stereocenters. The van der Waals surface area contributed by atoms with Crippen LogP contribution in [0.1, 0.15) is 55.4 Å². The van der Waals surface area contributed by atoms with Crippen LogP contribution in [0.5, 0.6) is 11.5 Å². The summed E-state index contributed by atoms with van der Waals surface area (Å²) in [7, 11) is 3.14. The summed E-state index contributed by atoms with van der Waals surface area (Å²) in [5.74, 6) is 2.56. The normalized spacial score (nSPS) is 15.6. The van der Waals surface area contributed by atoms with Crippen LogP contribution in [0.4, 0.5) is 0 Å². The van der Waals surface area contributed by atoms with Crippen LogP contribution in [0.2, 0.25) is 0 Å². The van der Waals surface area contributed by atoms with E-state index in [0.717, 1.165) is 23.8 Å². The van der Waals surface area contributed by atoms with E-state index in [2.05, 4.69) is 14.8 Å². The number of aromatic nitrogens is 3. The number of carbonyl (C=O) groups excluding carboxylic acids is 1. The molecule has 1 aromatic carbocycles. The second-order valence-corrected chi connectivity index (χ2v) is 8.95. The van der Waals surface area contributed by atoms with E-state index < -0.39 is 0 Å². The topological polar surface area (TPSA) is 79.4 Å². The summed E-state index contributed by atoms with van der Waals surface area (Å²) in [6.45, 7) is 1.90. The average molecular weight is 442 g/mol. The van der Waals surface area contributed by atoms with Crippen molar-refractivity contribution in [2.45, 2.75) is 55.5 Å². The molecule has 1 fully saturated rings. The van der Waals surface area contributed by atoms with Gasteiger partial charge in [-0.2, -0.15) is 0 Å². The van der Waals surface area contributed by atoms with Gasteiger partial charge < -0.3 is 13.9 Å². The van der Waals surface area contributed by atoms with Gasteiger partial charge in [-0.15, -0.1) is 10.2 Å². The number of methoxy groups -OCH3 is 2. The molecule has 0 N–H and O–H groups in total. The first-order valence-electron chi connectivity index (χ1n) is 10.5. The molecular formula is C23H27N3O4S. The third-order valence-electron chi connectivity index (χ3n) is 5.67. The van der Waals surface area contributed by atoms with Crippen LogP contribution in [-0.4, -0.2) is 40.0 Å². The molecule has 0 amide bonds. The SMILES string of the molecule is COc1ccc(C(=O)C(C)Sc2nnc(-c3ccco3)n2C2CCCCC2)cc1OC. The van der Waals surface area contributed by atoms with Gasteiger partial charge in [0.2, 0.25) is 5.82 Å². The fraction of sp³-hybridized carbons (Fsp3) is 0.435. The summed E-state index contributed by atoms with van der Waals surface area (Å²) < 4.78 is 18.4. The Labute approximate surface area is 186 Å². The number of furan rings is 1. The molecule has 1 aliphatic carbocycles. The first-order valence-corrected chi connectivity index (χ1v) is 11.4. The van der Waals surface area contributed by atoms with E-state index in [1.165, 1.54) is 31.0 Å². The van der Waals surface area contributed by atoms with Crippen LogP contribution >= 0.6 is 11.8 Å². The zero-order chi connectivity index (χ0) is 21.8. The maximum atomic E-state index is 13.1. The Morgan fingerprint density at radius 1 is 1.13 bits per heavy atom. The van der Waals surface area contributed by atoms with Crippen molar-refractivity contribution in [2.24, 2.45) is 0 Å². The molecule has 7 nitrogen and oxygen atoms in total. The smallest absolute Gasteiger partial charge is 0.200 e. The van der Waals surface area contributed by atoms with E-state index in [0.29, 0.717) is 28.9 Å². The third kappa shape index (κ3) is 4.49. The molecule has 164 valence electrons. The van der Waals surface area contributed by atoms with Crippen LogP contribution < -0.4 is 9.47 Å². The summed E-state index contributed by atoms with van der Waals surface area (Å²) in [6, 6.07) is 9.30. The highest BCUT2D eigenvalue weighted by atomic mass is 32.2. The number of Topliss-reactive ketones (excluding diaryl/α,β-unsaturated/α-hetero) is 1. The van der Waals surface area contributed by atoms with Crippen LogP contribution in [-0.2, 0) is 0 Å².